The first kappa shape index (κ1) is 26.9. The topological polar surface area (TPSA) is 45.5 Å². The molecule has 41 heavy (non-hydrogen) atoms. The molecule has 4 aromatic carbocycles. The molecule has 2 heterocycles. The van der Waals surface area contributed by atoms with E-state index in [-0.39, 0.29) is 11.0 Å². The lowest BCUT2D eigenvalue weighted by atomic mass is 9.66. The molecule has 4 nitrogen and oxygen atoms in total. The minimum absolute atomic E-state index is 0.217. The Hall–Kier alpha value is -4.27. The van der Waals surface area contributed by atoms with E-state index in [1.165, 1.54) is 5.56 Å². The second-order valence-corrected chi connectivity index (χ2v) is 18.1. The van der Waals surface area contributed by atoms with Crippen molar-refractivity contribution < 1.29 is 4.68 Å². The van der Waals surface area contributed by atoms with Crippen molar-refractivity contribution in [1.29, 1.82) is 5.26 Å². The summed E-state index contributed by atoms with van der Waals surface area (Å²) in [6, 6.07) is 36.5. The molecule has 0 atom stereocenters. The molecule has 1 aromatic heterocycles. The van der Waals surface area contributed by atoms with E-state index < -0.39 is 8.07 Å². The fourth-order valence-corrected chi connectivity index (χ4v) is 7.42. The Balaban J connectivity index is 1.84. The molecule has 204 valence electrons. The minimum atomic E-state index is -2.01. The van der Waals surface area contributed by atoms with Crippen LogP contribution in [0.25, 0.3) is 39.3 Å². The molecule has 0 bridgehead atoms. The van der Waals surface area contributed by atoms with Crippen LogP contribution in [0.2, 0.25) is 19.6 Å². The Bertz CT molecular complexity index is 1760. The van der Waals surface area contributed by atoms with Gasteiger partial charge in [0.2, 0.25) is 5.45 Å². The minimum Gasteiger partial charge on any atom is -0.192 e. The predicted molar refractivity (Wildman–Crippen MR) is 170 cm³/mol. The Kier molecular flexibility index (Phi) is 6.17. The molecule has 0 unspecified atom stereocenters. The van der Waals surface area contributed by atoms with E-state index in [0.29, 0.717) is 5.56 Å². The number of para-hydroxylation sites is 1. The Labute approximate surface area is 244 Å². The molecule has 0 saturated heterocycles. The first-order valence-corrected chi connectivity index (χ1v) is 17.8. The van der Waals surface area contributed by atoms with Crippen molar-refractivity contribution in [3.63, 3.8) is 0 Å². The van der Waals surface area contributed by atoms with Crippen LogP contribution in [0, 0.1) is 11.3 Å². The zero-order chi connectivity index (χ0) is 29.2. The normalized spacial score (nSPS) is 15.1. The highest BCUT2D eigenvalue weighted by atomic mass is 28.3. The van der Waals surface area contributed by atoms with E-state index in [9.17, 15) is 5.26 Å². The number of rotatable bonds is 4. The standard InChI is InChI=1S/C36H37N4Si/c1-35(2)31-22-21-25(24-37)23-30(31)33-39(34(41(5,6)7)38-40(33)36(35,3)4)32-28(26-15-10-8-11-16-26)19-14-20-29(32)27-17-12-9-13-18-27/h8-23H,1-7H3/q+1. The van der Waals surface area contributed by atoms with E-state index in [0.717, 1.165) is 44.8 Å². The lowest BCUT2D eigenvalue weighted by Gasteiger charge is -2.42. The first-order chi connectivity index (χ1) is 19.5. The van der Waals surface area contributed by atoms with Crippen molar-refractivity contribution in [2.24, 2.45) is 0 Å². The molecule has 0 fully saturated rings. The van der Waals surface area contributed by atoms with Gasteiger partial charge in [-0.25, -0.2) is 0 Å². The summed E-state index contributed by atoms with van der Waals surface area (Å²) in [6.07, 6.45) is 0. The third-order valence-electron chi connectivity index (χ3n) is 9.04. The predicted octanol–water partition coefficient (Wildman–Crippen LogP) is 7.60. The van der Waals surface area contributed by atoms with Crippen molar-refractivity contribution in [2.45, 2.75) is 58.3 Å². The summed E-state index contributed by atoms with van der Waals surface area (Å²) in [5.41, 5.74) is 9.33. The van der Waals surface area contributed by atoms with E-state index >= 15 is 0 Å². The fourth-order valence-electron chi connectivity index (χ4n) is 6.13. The molecule has 6 rings (SSSR count). The summed E-state index contributed by atoms with van der Waals surface area (Å²) < 4.78 is 4.72. The molecule has 0 radical (unpaired) electrons. The maximum Gasteiger partial charge on any atom is 0.316 e. The molecule has 0 spiro atoms. The van der Waals surface area contributed by atoms with Crippen LogP contribution in [0.15, 0.2) is 97.1 Å². The van der Waals surface area contributed by atoms with Gasteiger partial charge in [0, 0.05) is 16.5 Å². The van der Waals surface area contributed by atoms with E-state index in [1.807, 2.05) is 6.07 Å². The van der Waals surface area contributed by atoms with Crippen molar-refractivity contribution >= 4 is 13.5 Å². The van der Waals surface area contributed by atoms with Crippen LogP contribution < -0.4 is 10.1 Å². The van der Waals surface area contributed by atoms with Gasteiger partial charge in [0.15, 0.2) is 8.07 Å². The van der Waals surface area contributed by atoms with Crippen molar-refractivity contribution in [3.05, 3.63) is 108 Å². The summed E-state index contributed by atoms with van der Waals surface area (Å²) >= 11 is 0. The van der Waals surface area contributed by atoms with Crippen LogP contribution >= 0.6 is 0 Å². The zero-order valence-corrected chi connectivity index (χ0v) is 26.0. The lowest BCUT2D eigenvalue weighted by molar-refractivity contribution is -0.807. The van der Waals surface area contributed by atoms with E-state index in [1.54, 1.807) is 0 Å². The maximum absolute atomic E-state index is 9.95. The van der Waals surface area contributed by atoms with Crippen molar-refractivity contribution in [1.82, 2.24) is 9.67 Å². The van der Waals surface area contributed by atoms with Crippen LogP contribution in [0.1, 0.15) is 38.8 Å². The smallest absolute Gasteiger partial charge is 0.192 e. The molecular formula is C36H37N4Si+. The number of nitriles is 1. The third-order valence-corrected chi connectivity index (χ3v) is 10.7. The Morgan fingerprint density at radius 1 is 0.732 bits per heavy atom. The SMILES string of the molecule is CC1(C)c2ccc(C#N)cc2-c2n(-c3c(-c4ccccc4)cccc3-c3ccccc3)c([Si](C)(C)C)n[n+]2C1(C)C. The highest BCUT2D eigenvalue weighted by Crippen LogP contribution is 2.47. The quantitative estimate of drug-likeness (QED) is 0.170. The summed E-state index contributed by atoms with van der Waals surface area (Å²) in [5, 5.41) is 15.5. The highest BCUT2D eigenvalue weighted by Gasteiger charge is 2.55. The van der Waals surface area contributed by atoms with Gasteiger partial charge in [-0.3, -0.25) is 0 Å². The molecule has 1 aliphatic heterocycles. The van der Waals surface area contributed by atoms with Gasteiger partial charge in [0.1, 0.15) is 11.2 Å². The molecule has 5 aromatic rings. The highest BCUT2D eigenvalue weighted by molar-refractivity contribution is 6.87. The fraction of sp³-hybridized carbons (Fsp3) is 0.250. The number of fused-ring (bicyclic) bond motifs is 3. The first-order valence-electron chi connectivity index (χ1n) is 14.3. The van der Waals surface area contributed by atoms with Gasteiger partial charge in [-0.1, -0.05) is 118 Å². The summed E-state index contributed by atoms with van der Waals surface area (Å²) in [5.74, 6) is 1.04. The number of hydrogen-bond donors (Lipinski definition) is 0. The average Bonchev–Trinajstić information content (AvgIpc) is 3.39. The van der Waals surface area contributed by atoms with Gasteiger partial charge >= 0.3 is 5.82 Å². The molecule has 0 amide bonds. The Morgan fingerprint density at radius 2 is 1.29 bits per heavy atom. The van der Waals surface area contributed by atoms with Gasteiger partial charge in [-0.2, -0.15) is 9.83 Å². The summed E-state index contributed by atoms with van der Waals surface area (Å²) in [7, 11) is -2.01. The van der Waals surface area contributed by atoms with Gasteiger partial charge in [-0.05, 0) is 47.8 Å². The number of benzene rings is 4. The molecule has 1 aliphatic rings. The number of nitrogens with zero attached hydrogens (tertiary/aromatic N) is 4. The molecule has 0 aliphatic carbocycles. The monoisotopic (exact) mass is 553 g/mol. The second-order valence-electron chi connectivity index (χ2n) is 13.1. The van der Waals surface area contributed by atoms with Crippen molar-refractivity contribution in [2.75, 3.05) is 0 Å². The largest absolute Gasteiger partial charge is 0.316 e. The summed E-state index contributed by atoms with van der Waals surface area (Å²) in [4.78, 5) is 0. The third kappa shape index (κ3) is 4.09. The summed E-state index contributed by atoms with van der Waals surface area (Å²) in [6.45, 7) is 16.3. The average molecular weight is 554 g/mol. The molecule has 0 saturated carbocycles. The van der Waals surface area contributed by atoms with E-state index in [2.05, 4.69) is 154 Å². The van der Waals surface area contributed by atoms with Crippen LogP contribution in [-0.2, 0) is 11.0 Å². The number of aromatic nitrogens is 3. The Morgan fingerprint density at radius 3 is 1.80 bits per heavy atom. The molecule has 0 N–H and O–H groups in total. The molecule has 5 heteroatoms. The lowest BCUT2D eigenvalue weighted by Crippen LogP contribution is -2.67. The van der Waals surface area contributed by atoms with Crippen LogP contribution in [0.5, 0.6) is 0 Å². The van der Waals surface area contributed by atoms with Gasteiger partial charge in [0.25, 0.3) is 0 Å². The van der Waals surface area contributed by atoms with E-state index in [4.69, 9.17) is 5.10 Å². The van der Waals surface area contributed by atoms with Gasteiger partial charge in [0.05, 0.1) is 17.2 Å². The zero-order valence-electron chi connectivity index (χ0n) is 25.0. The van der Waals surface area contributed by atoms with Crippen LogP contribution in [0.3, 0.4) is 0 Å². The van der Waals surface area contributed by atoms with Crippen molar-refractivity contribution in [3.8, 4) is 45.4 Å². The number of hydrogen-bond acceptors (Lipinski definition) is 2. The molecular weight excluding hydrogens is 517 g/mol. The maximum atomic E-state index is 9.95. The van der Waals surface area contributed by atoms with Crippen LogP contribution in [-0.4, -0.2) is 17.7 Å². The van der Waals surface area contributed by atoms with Gasteiger partial charge in [-0.15, -0.1) is 4.68 Å². The van der Waals surface area contributed by atoms with Gasteiger partial charge < -0.3 is 0 Å². The second kappa shape index (κ2) is 9.39. The van der Waals surface area contributed by atoms with Crippen LogP contribution in [0.4, 0.5) is 0 Å².